The average Bonchev–Trinajstić information content (AvgIpc) is 2.92. The fraction of sp³-hybridized carbons (Fsp3) is 0.464. The number of carbonyl (C=O) groups excluding carboxylic acids is 3. The zero-order valence-corrected chi connectivity index (χ0v) is 22.2. The third kappa shape index (κ3) is 7.38. The minimum atomic E-state index is -0.779. The molecule has 0 saturated carbocycles. The molecule has 2 N–H and O–H groups in total. The highest BCUT2D eigenvalue weighted by Gasteiger charge is 2.34. The van der Waals surface area contributed by atoms with Gasteiger partial charge in [-0.05, 0) is 31.0 Å². The number of amides is 4. The van der Waals surface area contributed by atoms with Gasteiger partial charge in [0.1, 0.15) is 17.5 Å². The third-order valence-corrected chi connectivity index (χ3v) is 6.55. The van der Waals surface area contributed by atoms with Gasteiger partial charge in [-0.15, -0.1) is 0 Å². The zero-order chi connectivity index (χ0) is 26.8. The summed E-state index contributed by atoms with van der Waals surface area (Å²) in [7, 11) is 3.02. The maximum atomic E-state index is 13.7. The van der Waals surface area contributed by atoms with Crippen molar-refractivity contribution >= 4 is 17.8 Å². The molecular weight excluding hydrogens is 472 g/mol. The van der Waals surface area contributed by atoms with Gasteiger partial charge in [0.15, 0.2) is 0 Å². The Morgan fingerprint density at radius 1 is 1.05 bits per heavy atom. The Hall–Kier alpha value is -3.75. The van der Waals surface area contributed by atoms with E-state index in [0.717, 1.165) is 18.4 Å². The van der Waals surface area contributed by atoms with Crippen LogP contribution in [0, 0.1) is 0 Å². The van der Waals surface area contributed by atoms with E-state index < -0.39 is 11.9 Å². The SMILES string of the molecule is CCCCNC(=O)N1CCN(C(=O)C(Cc2ccccc2)NC(=O)c2ccc(OC)cc2OC)CC1C. The normalized spacial score (nSPS) is 16.1. The minimum Gasteiger partial charge on any atom is -0.497 e. The first-order chi connectivity index (χ1) is 17.9. The van der Waals surface area contributed by atoms with Crippen molar-refractivity contribution in [3.8, 4) is 11.5 Å². The molecule has 9 nitrogen and oxygen atoms in total. The predicted octanol–water partition coefficient (Wildman–Crippen LogP) is 3.09. The number of unbranched alkanes of at least 4 members (excludes halogenated alkanes) is 1. The van der Waals surface area contributed by atoms with E-state index in [4.69, 9.17) is 9.47 Å². The molecule has 1 aliphatic rings. The lowest BCUT2D eigenvalue weighted by molar-refractivity contribution is -0.135. The molecule has 0 aliphatic carbocycles. The molecule has 2 aromatic carbocycles. The van der Waals surface area contributed by atoms with E-state index in [2.05, 4.69) is 17.6 Å². The number of nitrogens with zero attached hydrogens (tertiary/aromatic N) is 2. The molecule has 1 fully saturated rings. The van der Waals surface area contributed by atoms with Crippen LogP contribution >= 0.6 is 0 Å². The highest BCUT2D eigenvalue weighted by molar-refractivity contribution is 6.00. The third-order valence-electron chi connectivity index (χ3n) is 6.55. The smallest absolute Gasteiger partial charge is 0.317 e. The van der Waals surface area contributed by atoms with E-state index in [1.165, 1.54) is 7.11 Å². The zero-order valence-electron chi connectivity index (χ0n) is 22.2. The van der Waals surface area contributed by atoms with Gasteiger partial charge < -0.3 is 29.9 Å². The van der Waals surface area contributed by atoms with Crippen LogP contribution in [0.15, 0.2) is 48.5 Å². The number of methoxy groups -OCH3 is 2. The Morgan fingerprint density at radius 2 is 1.81 bits per heavy atom. The van der Waals surface area contributed by atoms with Crippen LogP contribution in [0.3, 0.4) is 0 Å². The van der Waals surface area contributed by atoms with Gasteiger partial charge in [-0.3, -0.25) is 9.59 Å². The molecule has 1 aliphatic heterocycles. The van der Waals surface area contributed by atoms with E-state index in [1.807, 2.05) is 37.3 Å². The number of piperazine rings is 1. The van der Waals surface area contributed by atoms with Crippen LogP contribution in [0.1, 0.15) is 42.6 Å². The molecule has 3 rings (SSSR count). The van der Waals surface area contributed by atoms with E-state index >= 15 is 0 Å². The molecule has 2 unspecified atom stereocenters. The Bertz CT molecular complexity index is 1060. The summed E-state index contributed by atoms with van der Waals surface area (Å²) in [6.45, 7) is 5.88. The van der Waals surface area contributed by atoms with Crippen LogP contribution in [0.4, 0.5) is 4.79 Å². The van der Waals surface area contributed by atoms with Gasteiger partial charge in [0.05, 0.1) is 19.8 Å². The monoisotopic (exact) mass is 510 g/mol. The number of rotatable bonds is 10. The van der Waals surface area contributed by atoms with E-state index in [9.17, 15) is 14.4 Å². The second-order valence-corrected chi connectivity index (χ2v) is 9.19. The Morgan fingerprint density at radius 3 is 2.46 bits per heavy atom. The van der Waals surface area contributed by atoms with E-state index in [1.54, 1.807) is 35.1 Å². The quantitative estimate of drug-likeness (QED) is 0.479. The van der Waals surface area contributed by atoms with Crippen molar-refractivity contribution in [2.24, 2.45) is 0 Å². The first-order valence-electron chi connectivity index (χ1n) is 12.8. The van der Waals surface area contributed by atoms with Crippen molar-refractivity contribution in [3.63, 3.8) is 0 Å². The van der Waals surface area contributed by atoms with Crippen LogP contribution in [-0.2, 0) is 11.2 Å². The lowest BCUT2D eigenvalue weighted by Gasteiger charge is -2.41. The number of urea groups is 1. The number of ether oxygens (including phenoxy) is 2. The van der Waals surface area contributed by atoms with Gasteiger partial charge in [0.25, 0.3) is 5.91 Å². The van der Waals surface area contributed by atoms with Crippen LogP contribution in [0.2, 0.25) is 0 Å². The topological polar surface area (TPSA) is 100 Å². The summed E-state index contributed by atoms with van der Waals surface area (Å²) in [4.78, 5) is 43.1. The number of nitrogens with one attached hydrogen (secondary N) is 2. The van der Waals surface area contributed by atoms with Crippen LogP contribution in [-0.4, -0.2) is 80.1 Å². The molecule has 9 heteroatoms. The molecule has 37 heavy (non-hydrogen) atoms. The van der Waals surface area contributed by atoms with Gasteiger partial charge >= 0.3 is 6.03 Å². The van der Waals surface area contributed by atoms with Crippen molar-refractivity contribution in [1.29, 1.82) is 0 Å². The highest BCUT2D eigenvalue weighted by atomic mass is 16.5. The number of hydrogen-bond donors (Lipinski definition) is 2. The predicted molar refractivity (Wildman–Crippen MR) is 142 cm³/mol. The molecule has 200 valence electrons. The summed E-state index contributed by atoms with van der Waals surface area (Å²) in [5.41, 5.74) is 1.25. The summed E-state index contributed by atoms with van der Waals surface area (Å²) < 4.78 is 10.6. The highest BCUT2D eigenvalue weighted by Crippen LogP contribution is 2.25. The number of benzene rings is 2. The van der Waals surface area contributed by atoms with Crippen LogP contribution < -0.4 is 20.1 Å². The van der Waals surface area contributed by atoms with Crippen molar-refractivity contribution in [1.82, 2.24) is 20.4 Å². The largest absolute Gasteiger partial charge is 0.497 e. The van der Waals surface area contributed by atoms with Gasteiger partial charge in [-0.1, -0.05) is 43.7 Å². The van der Waals surface area contributed by atoms with E-state index in [-0.39, 0.29) is 18.0 Å². The first kappa shape index (κ1) is 27.8. The van der Waals surface area contributed by atoms with Gasteiger partial charge in [-0.25, -0.2) is 4.79 Å². The molecule has 2 aromatic rings. The average molecular weight is 511 g/mol. The molecule has 0 bridgehead atoms. The summed E-state index contributed by atoms with van der Waals surface area (Å²) in [6.07, 6.45) is 2.28. The molecule has 1 heterocycles. The van der Waals surface area contributed by atoms with E-state index in [0.29, 0.717) is 49.7 Å². The Balaban J connectivity index is 1.75. The second kappa shape index (κ2) is 13.5. The molecule has 0 radical (unpaired) electrons. The number of hydrogen-bond acceptors (Lipinski definition) is 5. The molecule has 0 spiro atoms. The number of carbonyl (C=O) groups is 3. The fourth-order valence-corrected chi connectivity index (χ4v) is 4.43. The summed E-state index contributed by atoms with van der Waals surface area (Å²) in [6, 6.07) is 13.5. The summed E-state index contributed by atoms with van der Waals surface area (Å²) in [5, 5.41) is 5.88. The molecule has 2 atom stereocenters. The minimum absolute atomic E-state index is 0.103. The van der Waals surface area contributed by atoms with Crippen LogP contribution in [0.5, 0.6) is 11.5 Å². The van der Waals surface area contributed by atoms with Crippen molar-refractivity contribution in [3.05, 3.63) is 59.7 Å². The molecular formula is C28H38N4O5. The second-order valence-electron chi connectivity index (χ2n) is 9.19. The van der Waals surface area contributed by atoms with Gasteiger partial charge in [-0.2, -0.15) is 0 Å². The fourth-order valence-electron chi connectivity index (χ4n) is 4.43. The maximum absolute atomic E-state index is 13.7. The van der Waals surface area contributed by atoms with Crippen molar-refractivity contribution < 1.29 is 23.9 Å². The van der Waals surface area contributed by atoms with Crippen LogP contribution in [0.25, 0.3) is 0 Å². The molecule has 0 aromatic heterocycles. The standard InChI is InChI=1S/C28H38N4O5/c1-5-6-14-29-28(35)32-16-15-31(19-20(32)2)27(34)24(17-21-10-8-7-9-11-21)30-26(33)23-13-12-22(36-3)18-25(23)37-4/h7-13,18,20,24H,5-6,14-17,19H2,1-4H3,(H,29,35)(H,30,33). The molecule has 4 amide bonds. The van der Waals surface area contributed by atoms with Crippen molar-refractivity contribution in [2.75, 3.05) is 40.4 Å². The lowest BCUT2D eigenvalue weighted by atomic mass is 10.0. The van der Waals surface area contributed by atoms with Gasteiger partial charge in [0.2, 0.25) is 5.91 Å². The lowest BCUT2D eigenvalue weighted by Crippen LogP contribution is -2.60. The Labute approximate surface area is 219 Å². The maximum Gasteiger partial charge on any atom is 0.317 e. The summed E-state index contributed by atoms with van der Waals surface area (Å²) in [5.74, 6) is 0.341. The Kier molecular flexibility index (Phi) is 10.2. The van der Waals surface area contributed by atoms with Crippen molar-refractivity contribution in [2.45, 2.75) is 45.2 Å². The first-order valence-corrected chi connectivity index (χ1v) is 12.8. The summed E-state index contributed by atoms with van der Waals surface area (Å²) >= 11 is 0. The van der Waals surface area contributed by atoms with Gasteiger partial charge in [0, 0.05) is 44.7 Å². The molecule has 1 saturated heterocycles.